The molecule has 0 aliphatic carbocycles. The summed E-state index contributed by atoms with van der Waals surface area (Å²) in [5, 5.41) is 10.6. The third-order valence-electron chi connectivity index (χ3n) is 2.95. The zero-order chi connectivity index (χ0) is 14.0. The largest absolute Gasteiger partial charge is 0.497 e. The van der Waals surface area contributed by atoms with E-state index in [2.05, 4.69) is 0 Å². The van der Waals surface area contributed by atoms with Crippen molar-refractivity contribution in [3.05, 3.63) is 63.9 Å². The molecule has 0 aliphatic rings. The van der Waals surface area contributed by atoms with Gasteiger partial charge in [0.15, 0.2) is 0 Å². The van der Waals surface area contributed by atoms with Crippen LogP contribution in [0, 0.1) is 12.7 Å². The standard InChI is InChI=1S/C15H14ClFO2/c1-9-3-5-12(14(17)7-9)15(18)11-6-4-10(19-2)8-13(11)16/h3-8,15,18H,1-2H3. The number of hydrogen-bond donors (Lipinski definition) is 1. The summed E-state index contributed by atoms with van der Waals surface area (Å²) >= 11 is 6.07. The zero-order valence-corrected chi connectivity index (χ0v) is 11.4. The first-order valence-corrected chi connectivity index (χ1v) is 6.18. The summed E-state index contributed by atoms with van der Waals surface area (Å²) in [5.74, 6) is 0.143. The van der Waals surface area contributed by atoms with Crippen molar-refractivity contribution in [1.82, 2.24) is 0 Å². The van der Waals surface area contributed by atoms with Crippen molar-refractivity contribution in [3.63, 3.8) is 0 Å². The van der Waals surface area contributed by atoms with Gasteiger partial charge in [0.2, 0.25) is 0 Å². The molecular weight excluding hydrogens is 267 g/mol. The highest BCUT2D eigenvalue weighted by Crippen LogP contribution is 2.32. The Bertz CT molecular complexity index is 599. The quantitative estimate of drug-likeness (QED) is 0.924. The number of aliphatic hydroxyl groups is 1. The Labute approximate surface area is 116 Å². The van der Waals surface area contributed by atoms with Gasteiger partial charge < -0.3 is 9.84 Å². The van der Waals surface area contributed by atoms with Crippen LogP contribution < -0.4 is 4.74 Å². The van der Waals surface area contributed by atoms with Crippen LogP contribution in [0.5, 0.6) is 5.75 Å². The first-order chi connectivity index (χ1) is 9.02. The summed E-state index contributed by atoms with van der Waals surface area (Å²) < 4.78 is 18.9. The molecule has 0 saturated heterocycles. The van der Waals surface area contributed by atoms with E-state index < -0.39 is 11.9 Å². The maximum Gasteiger partial charge on any atom is 0.129 e. The van der Waals surface area contributed by atoms with Gasteiger partial charge in [-0.25, -0.2) is 4.39 Å². The van der Waals surface area contributed by atoms with Gasteiger partial charge in [-0.2, -0.15) is 0 Å². The van der Waals surface area contributed by atoms with Gasteiger partial charge in [-0.1, -0.05) is 29.8 Å². The molecule has 2 rings (SSSR count). The molecule has 0 saturated carbocycles. The lowest BCUT2D eigenvalue weighted by Gasteiger charge is -2.15. The highest BCUT2D eigenvalue weighted by Gasteiger charge is 2.18. The van der Waals surface area contributed by atoms with Gasteiger partial charge in [0.1, 0.15) is 17.7 Å². The van der Waals surface area contributed by atoms with Crippen molar-refractivity contribution in [2.75, 3.05) is 7.11 Å². The van der Waals surface area contributed by atoms with Crippen LogP contribution in [-0.2, 0) is 0 Å². The van der Waals surface area contributed by atoms with Gasteiger partial charge in [0, 0.05) is 11.1 Å². The number of benzene rings is 2. The summed E-state index contributed by atoms with van der Waals surface area (Å²) in [6, 6.07) is 9.60. The second-order valence-corrected chi connectivity index (χ2v) is 4.72. The summed E-state index contributed by atoms with van der Waals surface area (Å²) in [6.45, 7) is 1.79. The molecule has 1 unspecified atom stereocenters. The van der Waals surface area contributed by atoms with Crippen LogP contribution in [0.25, 0.3) is 0 Å². The van der Waals surface area contributed by atoms with Crippen LogP contribution in [0.2, 0.25) is 5.02 Å². The molecule has 100 valence electrons. The van der Waals surface area contributed by atoms with Crippen LogP contribution in [0.3, 0.4) is 0 Å². The lowest BCUT2D eigenvalue weighted by atomic mass is 10.00. The van der Waals surface area contributed by atoms with Crippen LogP contribution in [0.4, 0.5) is 4.39 Å². The summed E-state index contributed by atoms with van der Waals surface area (Å²) in [5.41, 5.74) is 1.46. The van der Waals surface area contributed by atoms with Gasteiger partial charge in [0.05, 0.1) is 12.1 Å². The average molecular weight is 281 g/mol. The van der Waals surface area contributed by atoms with E-state index in [1.807, 2.05) is 0 Å². The van der Waals surface area contributed by atoms with Gasteiger partial charge >= 0.3 is 0 Å². The minimum absolute atomic E-state index is 0.206. The fourth-order valence-electron chi connectivity index (χ4n) is 1.88. The van der Waals surface area contributed by atoms with E-state index in [1.54, 1.807) is 37.3 Å². The van der Waals surface area contributed by atoms with E-state index in [0.29, 0.717) is 16.3 Å². The number of hydrogen-bond acceptors (Lipinski definition) is 2. The fraction of sp³-hybridized carbons (Fsp3) is 0.200. The van der Waals surface area contributed by atoms with E-state index in [9.17, 15) is 9.50 Å². The Kier molecular flexibility index (Phi) is 4.08. The van der Waals surface area contributed by atoms with E-state index in [4.69, 9.17) is 16.3 Å². The predicted molar refractivity (Wildman–Crippen MR) is 73.2 cm³/mol. The highest BCUT2D eigenvalue weighted by atomic mass is 35.5. The number of aryl methyl sites for hydroxylation is 1. The van der Waals surface area contributed by atoms with Crippen molar-refractivity contribution >= 4 is 11.6 Å². The summed E-state index contributed by atoms with van der Waals surface area (Å²) in [7, 11) is 1.53. The van der Waals surface area contributed by atoms with Gasteiger partial charge in [-0.3, -0.25) is 0 Å². The molecular formula is C15H14ClFO2. The topological polar surface area (TPSA) is 29.5 Å². The Hall–Kier alpha value is -1.58. The van der Waals surface area contributed by atoms with Crippen molar-refractivity contribution < 1.29 is 14.2 Å². The van der Waals surface area contributed by atoms with Gasteiger partial charge in [0.25, 0.3) is 0 Å². The fourth-order valence-corrected chi connectivity index (χ4v) is 2.15. The van der Waals surface area contributed by atoms with Crippen molar-refractivity contribution in [3.8, 4) is 5.75 Å². The monoisotopic (exact) mass is 280 g/mol. The van der Waals surface area contributed by atoms with Crippen LogP contribution in [0.15, 0.2) is 36.4 Å². The van der Waals surface area contributed by atoms with Crippen LogP contribution >= 0.6 is 11.6 Å². The lowest BCUT2D eigenvalue weighted by Crippen LogP contribution is -2.03. The zero-order valence-electron chi connectivity index (χ0n) is 10.7. The van der Waals surface area contributed by atoms with Gasteiger partial charge in [-0.05, 0) is 30.7 Å². The molecule has 4 heteroatoms. The number of methoxy groups -OCH3 is 1. The SMILES string of the molecule is COc1ccc(C(O)c2ccc(C)cc2F)c(Cl)c1. The molecule has 0 heterocycles. The molecule has 0 aliphatic heterocycles. The van der Waals surface area contributed by atoms with Crippen LogP contribution in [0.1, 0.15) is 22.8 Å². The first-order valence-electron chi connectivity index (χ1n) is 5.80. The molecule has 0 aromatic heterocycles. The van der Waals surface area contributed by atoms with Crippen molar-refractivity contribution in [2.24, 2.45) is 0 Å². The van der Waals surface area contributed by atoms with Gasteiger partial charge in [-0.15, -0.1) is 0 Å². The van der Waals surface area contributed by atoms with E-state index in [-0.39, 0.29) is 5.56 Å². The number of ether oxygens (including phenoxy) is 1. The highest BCUT2D eigenvalue weighted by molar-refractivity contribution is 6.31. The molecule has 1 N–H and O–H groups in total. The number of rotatable bonds is 3. The third-order valence-corrected chi connectivity index (χ3v) is 3.28. The molecule has 2 nitrogen and oxygen atoms in total. The third kappa shape index (κ3) is 2.88. The summed E-state index contributed by atoms with van der Waals surface area (Å²) in [4.78, 5) is 0. The molecule has 2 aromatic rings. The van der Waals surface area contributed by atoms with Crippen molar-refractivity contribution in [2.45, 2.75) is 13.0 Å². The molecule has 0 spiro atoms. The molecule has 0 bridgehead atoms. The first kappa shape index (κ1) is 13.8. The van der Waals surface area contributed by atoms with E-state index in [1.165, 1.54) is 13.2 Å². The van der Waals surface area contributed by atoms with Crippen molar-refractivity contribution in [1.29, 1.82) is 0 Å². The molecule has 2 aromatic carbocycles. The maximum atomic E-state index is 13.8. The Morgan fingerprint density at radius 1 is 1.16 bits per heavy atom. The second-order valence-electron chi connectivity index (χ2n) is 4.31. The smallest absolute Gasteiger partial charge is 0.129 e. The van der Waals surface area contributed by atoms with Crippen LogP contribution in [-0.4, -0.2) is 12.2 Å². The normalized spacial score (nSPS) is 12.3. The molecule has 0 fully saturated rings. The number of aliphatic hydroxyl groups excluding tert-OH is 1. The lowest BCUT2D eigenvalue weighted by molar-refractivity contribution is 0.215. The number of halogens is 2. The van der Waals surface area contributed by atoms with E-state index >= 15 is 0 Å². The Balaban J connectivity index is 2.41. The molecule has 0 amide bonds. The maximum absolute atomic E-state index is 13.8. The second kappa shape index (κ2) is 5.59. The minimum Gasteiger partial charge on any atom is -0.497 e. The Morgan fingerprint density at radius 2 is 1.84 bits per heavy atom. The summed E-state index contributed by atoms with van der Waals surface area (Å²) in [6.07, 6.45) is -1.10. The van der Waals surface area contributed by atoms with E-state index in [0.717, 1.165) is 5.56 Å². The predicted octanol–water partition coefficient (Wildman–Crippen LogP) is 3.88. The molecule has 0 radical (unpaired) electrons. The molecule has 19 heavy (non-hydrogen) atoms. The minimum atomic E-state index is -1.10. The average Bonchev–Trinajstić information content (AvgIpc) is 2.37. The Morgan fingerprint density at radius 3 is 2.42 bits per heavy atom. The molecule has 1 atom stereocenters.